The largest absolute Gasteiger partial charge is 0.395 e. The third-order valence-corrected chi connectivity index (χ3v) is 3.21. The molecule has 1 aromatic carbocycles. The van der Waals surface area contributed by atoms with E-state index in [0.29, 0.717) is 13.1 Å². The van der Waals surface area contributed by atoms with E-state index in [0.717, 1.165) is 16.8 Å². The van der Waals surface area contributed by atoms with Gasteiger partial charge in [-0.1, -0.05) is 24.3 Å². The number of aromatic amines is 1. The van der Waals surface area contributed by atoms with Crippen LogP contribution in [0.1, 0.15) is 11.1 Å². The molecule has 0 atom stereocenters. The number of aromatic nitrogens is 1. The van der Waals surface area contributed by atoms with E-state index in [9.17, 15) is 0 Å². The van der Waals surface area contributed by atoms with Crippen molar-refractivity contribution < 1.29 is 15.2 Å². The lowest BCUT2D eigenvalue weighted by Gasteiger charge is -2.22. The summed E-state index contributed by atoms with van der Waals surface area (Å²) in [7, 11) is 0. The van der Waals surface area contributed by atoms with E-state index >= 15 is 0 Å². The summed E-state index contributed by atoms with van der Waals surface area (Å²) in [5.41, 5.74) is 3.25. The molecule has 21 heavy (non-hydrogen) atoms. The maximum absolute atomic E-state index is 9.05. The Morgan fingerprint density at radius 3 is 1.86 bits per heavy atom. The zero-order valence-electron chi connectivity index (χ0n) is 11.9. The number of aliphatic hydroxyl groups excluding tert-OH is 2. The minimum atomic E-state index is 0.0761. The zero-order valence-corrected chi connectivity index (χ0v) is 11.9. The van der Waals surface area contributed by atoms with Crippen LogP contribution in [0.5, 0.6) is 0 Å². The van der Waals surface area contributed by atoms with Crippen molar-refractivity contribution in [1.82, 2.24) is 0 Å². The van der Waals surface area contributed by atoms with Crippen molar-refractivity contribution in [3.8, 4) is 0 Å². The van der Waals surface area contributed by atoms with Crippen molar-refractivity contribution in [3.05, 3.63) is 59.9 Å². The number of anilines is 1. The molecule has 0 unspecified atom stereocenters. The molecule has 4 heteroatoms. The minimum Gasteiger partial charge on any atom is -0.395 e. The molecular formula is C17H21N2O2+. The second-order valence-corrected chi connectivity index (χ2v) is 4.69. The van der Waals surface area contributed by atoms with Crippen LogP contribution in [0.2, 0.25) is 0 Å². The molecule has 3 N–H and O–H groups in total. The summed E-state index contributed by atoms with van der Waals surface area (Å²) in [6.07, 6.45) is 7.90. The lowest BCUT2D eigenvalue weighted by atomic mass is 10.1. The summed E-state index contributed by atoms with van der Waals surface area (Å²) in [5, 5.41) is 18.1. The van der Waals surface area contributed by atoms with E-state index < -0.39 is 0 Å². The molecule has 0 aliphatic carbocycles. The van der Waals surface area contributed by atoms with E-state index in [1.165, 1.54) is 0 Å². The Labute approximate surface area is 125 Å². The highest BCUT2D eigenvalue weighted by Crippen LogP contribution is 2.16. The Morgan fingerprint density at radius 1 is 0.810 bits per heavy atom. The van der Waals surface area contributed by atoms with Crippen LogP contribution in [0.3, 0.4) is 0 Å². The van der Waals surface area contributed by atoms with Crippen LogP contribution in [0.25, 0.3) is 12.2 Å². The third-order valence-electron chi connectivity index (χ3n) is 3.21. The normalized spacial score (nSPS) is 11.0. The second kappa shape index (κ2) is 8.19. The average Bonchev–Trinajstić information content (AvgIpc) is 2.54. The van der Waals surface area contributed by atoms with Gasteiger partial charge >= 0.3 is 0 Å². The average molecular weight is 285 g/mol. The van der Waals surface area contributed by atoms with Gasteiger partial charge in [-0.25, -0.2) is 4.98 Å². The highest BCUT2D eigenvalue weighted by molar-refractivity contribution is 5.70. The number of nitrogens with one attached hydrogen (secondary N) is 1. The predicted octanol–water partition coefficient (Wildman–Crippen LogP) is 1.46. The number of hydrogen-bond acceptors (Lipinski definition) is 3. The van der Waals surface area contributed by atoms with E-state index in [-0.39, 0.29) is 13.2 Å². The SMILES string of the molecule is OCCN(CCO)c1ccc(/C=C/c2cc[nH+]cc2)cc1. The van der Waals surface area contributed by atoms with E-state index in [1.807, 2.05) is 53.7 Å². The highest BCUT2D eigenvalue weighted by atomic mass is 16.3. The number of hydrogen-bond donors (Lipinski definition) is 2. The molecule has 0 fully saturated rings. The second-order valence-electron chi connectivity index (χ2n) is 4.69. The Balaban J connectivity index is 2.06. The molecule has 0 bridgehead atoms. The quantitative estimate of drug-likeness (QED) is 0.810. The van der Waals surface area contributed by atoms with Crippen molar-refractivity contribution in [2.45, 2.75) is 0 Å². The van der Waals surface area contributed by atoms with Gasteiger partial charge in [-0.05, 0) is 23.3 Å². The maximum atomic E-state index is 9.05. The van der Waals surface area contributed by atoms with Crippen LogP contribution in [0, 0.1) is 0 Å². The Hall–Kier alpha value is -2.17. The highest BCUT2D eigenvalue weighted by Gasteiger charge is 2.04. The van der Waals surface area contributed by atoms with Crippen molar-refractivity contribution in [3.63, 3.8) is 0 Å². The van der Waals surface area contributed by atoms with Gasteiger partial charge in [-0.3, -0.25) is 0 Å². The summed E-state index contributed by atoms with van der Waals surface area (Å²) >= 11 is 0. The summed E-state index contributed by atoms with van der Waals surface area (Å²) in [5.74, 6) is 0. The molecule has 4 nitrogen and oxygen atoms in total. The first-order valence-corrected chi connectivity index (χ1v) is 7.04. The molecule has 0 saturated carbocycles. The molecule has 0 radical (unpaired) electrons. The molecule has 110 valence electrons. The predicted molar refractivity (Wildman–Crippen MR) is 84.8 cm³/mol. The summed E-state index contributed by atoms with van der Waals surface area (Å²) in [4.78, 5) is 4.95. The van der Waals surface area contributed by atoms with Crippen LogP contribution >= 0.6 is 0 Å². The van der Waals surface area contributed by atoms with Crippen LogP contribution in [0.4, 0.5) is 5.69 Å². The van der Waals surface area contributed by atoms with Gasteiger partial charge in [0.25, 0.3) is 0 Å². The molecule has 0 amide bonds. The molecule has 2 rings (SSSR count). The van der Waals surface area contributed by atoms with E-state index in [2.05, 4.69) is 17.1 Å². The van der Waals surface area contributed by atoms with E-state index in [4.69, 9.17) is 10.2 Å². The molecule has 1 aromatic heterocycles. The number of aliphatic hydroxyl groups is 2. The topological polar surface area (TPSA) is 57.8 Å². The first-order valence-electron chi connectivity index (χ1n) is 7.04. The molecule has 0 saturated heterocycles. The van der Waals surface area contributed by atoms with Crippen molar-refractivity contribution in [2.24, 2.45) is 0 Å². The van der Waals surface area contributed by atoms with Gasteiger partial charge in [0.05, 0.1) is 13.2 Å². The summed E-state index contributed by atoms with van der Waals surface area (Å²) in [6.45, 7) is 1.20. The number of H-pyrrole nitrogens is 1. The fraction of sp³-hybridized carbons (Fsp3) is 0.235. The van der Waals surface area contributed by atoms with Crippen molar-refractivity contribution >= 4 is 17.8 Å². The molecular weight excluding hydrogens is 264 g/mol. The Kier molecular flexibility index (Phi) is 5.94. The first kappa shape index (κ1) is 15.2. The molecule has 2 aromatic rings. The zero-order chi connectivity index (χ0) is 14.9. The number of benzene rings is 1. The van der Waals surface area contributed by atoms with Crippen molar-refractivity contribution in [2.75, 3.05) is 31.2 Å². The monoisotopic (exact) mass is 285 g/mol. The van der Waals surface area contributed by atoms with Gasteiger partial charge in [0, 0.05) is 30.9 Å². The van der Waals surface area contributed by atoms with Gasteiger partial charge in [0.2, 0.25) is 0 Å². The van der Waals surface area contributed by atoms with Crippen LogP contribution in [-0.2, 0) is 0 Å². The molecule has 0 aliphatic heterocycles. The number of pyridine rings is 1. The molecule has 0 aliphatic rings. The molecule has 0 spiro atoms. The first-order chi connectivity index (χ1) is 10.3. The minimum absolute atomic E-state index is 0.0761. The Bertz CT molecular complexity index is 547. The number of rotatable bonds is 7. The Morgan fingerprint density at radius 2 is 1.33 bits per heavy atom. The summed E-state index contributed by atoms with van der Waals surface area (Å²) in [6, 6.07) is 12.1. The van der Waals surface area contributed by atoms with Gasteiger partial charge in [-0.2, -0.15) is 0 Å². The maximum Gasteiger partial charge on any atom is 0.167 e. The van der Waals surface area contributed by atoms with E-state index in [1.54, 1.807) is 0 Å². The van der Waals surface area contributed by atoms with Crippen LogP contribution in [-0.4, -0.2) is 36.5 Å². The fourth-order valence-corrected chi connectivity index (χ4v) is 2.11. The van der Waals surface area contributed by atoms with Gasteiger partial charge < -0.3 is 15.1 Å². The fourth-order valence-electron chi connectivity index (χ4n) is 2.11. The standard InChI is InChI=1S/C17H20N2O2/c20-13-11-19(12-14-21)17-5-3-15(4-6-17)1-2-16-7-9-18-10-8-16/h1-10,20-21H,11-14H2/p+1/b2-1+. The van der Waals surface area contributed by atoms with Gasteiger partial charge in [-0.15, -0.1) is 0 Å². The van der Waals surface area contributed by atoms with Crippen molar-refractivity contribution in [1.29, 1.82) is 0 Å². The van der Waals surface area contributed by atoms with Gasteiger partial charge in [0.15, 0.2) is 12.4 Å². The molecule has 1 heterocycles. The number of nitrogens with zero attached hydrogens (tertiary/aromatic N) is 1. The summed E-state index contributed by atoms with van der Waals surface area (Å²) < 4.78 is 0. The smallest absolute Gasteiger partial charge is 0.167 e. The third kappa shape index (κ3) is 4.70. The van der Waals surface area contributed by atoms with Crippen LogP contribution in [0.15, 0.2) is 48.8 Å². The lowest BCUT2D eigenvalue weighted by molar-refractivity contribution is -0.378. The van der Waals surface area contributed by atoms with Gasteiger partial charge in [0.1, 0.15) is 0 Å². The lowest BCUT2D eigenvalue weighted by Crippen LogP contribution is -2.29. The van der Waals surface area contributed by atoms with Crippen LogP contribution < -0.4 is 9.88 Å².